The summed E-state index contributed by atoms with van der Waals surface area (Å²) in [6.07, 6.45) is 0.338. The summed E-state index contributed by atoms with van der Waals surface area (Å²) in [5.41, 5.74) is 1.25. The first-order valence-corrected chi connectivity index (χ1v) is 9.87. The molecule has 0 aliphatic heterocycles. The summed E-state index contributed by atoms with van der Waals surface area (Å²) >= 11 is 0. The van der Waals surface area contributed by atoms with Gasteiger partial charge in [-0.05, 0) is 34.1 Å². The van der Waals surface area contributed by atoms with Gasteiger partial charge in [-0.2, -0.15) is 0 Å². The number of nitrogens with zero attached hydrogens (tertiary/aromatic N) is 2. The number of nitrogens with one attached hydrogen (secondary N) is 3. The van der Waals surface area contributed by atoms with Crippen LogP contribution in [-0.2, 0) is 11.3 Å². The maximum atomic E-state index is 11.6. The summed E-state index contributed by atoms with van der Waals surface area (Å²) < 4.78 is 10.6. The number of rotatable bonds is 8. The number of carbonyl (C=O) groups is 1. The van der Waals surface area contributed by atoms with E-state index in [-0.39, 0.29) is 24.0 Å². The smallest absolute Gasteiger partial charge is 0.407 e. The van der Waals surface area contributed by atoms with E-state index in [9.17, 15) is 4.79 Å². The van der Waals surface area contributed by atoms with Crippen LogP contribution in [-0.4, -0.2) is 42.4 Å². The van der Waals surface area contributed by atoms with Crippen LogP contribution in [0.1, 0.15) is 39.8 Å². The zero-order valence-electron chi connectivity index (χ0n) is 18.0. The van der Waals surface area contributed by atoms with Gasteiger partial charge in [0.25, 0.3) is 0 Å². The molecule has 30 heavy (non-hydrogen) atoms. The zero-order valence-corrected chi connectivity index (χ0v) is 20.4. The average Bonchev–Trinajstić information content (AvgIpc) is 3.14. The average molecular weight is 529 g/mol. The van der Waals surface area contributed by atoms with Gasteiger partial charge in [0.15, 0.2) is 11.7 Å². The van der Waals surface area contributed by atoms with E-state index in [1.54, 1.807) is 0 Å². The van der Waals surface area contributed by atoms with Gasteiger partial charge in [-0.1, -0.05) is 35.5 Å². The SMILES string of the molecule is CCNC(=NCc1cc(-c2ccccc2)on1)NCCCNC(=O)OC(C)(C)C.I. The Morgan fingerprint density at radius 2 is 1.83 bits per heavy atom. The van der Waals surface area contributed by atoms with Crippen LogP contribution in [0.5, 0.6) is 0 Å². The van der Waals surface area contributed by atoms with Gasteiger partial charge >= 0.3 is 6.09 Å². The minimum absolute atomic E-state index is 0. The second kappa shape index (κ2) is 13.1. The number of benzene rings is 1. The highest BCUT2D eigenvalue weighted by Gasteiger charge is 2.15. The molecule has 0 aliphatic carbocycles. The molecule has 166 valence electrons. The van der Waals surface area contributed by atoms with Crippen molar-refractivity contribution in [3.63, 3.8) is 0 Å². The molecule has 0 spiro atoms. The fraction of sp³-hybridized carbons (Fsp3) is 0.476. The molecule has 2 aromatic rings. The van der Waals surface area contributed by atoms with Crippen LogP contribution >= 0.6 is 24.0 Å². The van der Waals surface area contributed by atoms with E-state index < -0.39 is 11.7 Å². The van der Waals surface area contributed by atoms with Crippen LogP contribution in [0.15, 0.2) is 45.9 Å². The van der Waals surface area contributed by atoms with Gasteiger partial charge in [0.05, 0.1) is 6.54 Å². The predicted molar refractivity (Wildman–Crippen MR) is 129 cm³/mol. The van der Waals surface area contributed by atoms with Crippen molar-refractivity contribution in [2.24, 2.45) is 4.99 Å². The molecule has 0 radical (unpaired) electrons. The Bertz CT molecular complexity index is 787. The van der Waals surface area contributed by atoms with Crippen LogP contribution in [0.3, 0.4) is 0 Å². The highest BCUT2D eigenvalue weighted by atomic mass is 127. The van der Waals surface area contributed by atoms with Gasteiger partial charge in [-0.3, -0.25) is 0 Å². The zero-order chi connectivity index (χ0) is 21.1. The molecule has 8 nitrogen and oxygen atoms in total. The van der Waals surface area contributed by atoms with Gasteiger partial charge in [-0.15, -0.1) is 24.0 Å². The van der Waals surface area contributed by atoms with Crippen molar-refractivity contribution >= 4 is 36.0 Å². The molecule has 1 amide bonds. The van der Waals surface area contributed by atoms with E-state index in [1.165, 1.54) is 0 Å². The molecule has 1 aromatic carbocycles. The number of halogens is 1. The van der Waals surface area contributed by atoms with Crippen molar-refractivity contribution in [1.82, 2.24) is 21.1 Å². The van der Waals surface area contributed by atoms with Crippen molar-refractivity contribution in [1.29, 1.82) is 0 Å². The molecule has 0 fully saturated rings. The Hall–Kier alpha value is -2.30. The number of guanidine groups is 1. The quantitative estimate of drug-likeness (QED) is 0.208. The van der Waals surface area contributed by atoms with E-state index in [0.29, 0.717) is 25.6 Å². The molecule has 0 saturated heterocycles. The lowest BCUT2D eigenvalue weighted by molar-refractivity contribution is 0.0527. The monoisotopic (exact) mass is 529 g/mol. The number of ether oxygens (including phenoxy) is 1. The van der Waals surface area contributed by atoms with Crippen molar-refractivity contribution in [2.45, 2.75) is 46.3 Å². The summed E-state index contributed by atoms with van der Waals surface area (Å²) in [7, 11) is 0. The van der Waals surface area contributed by atoms with Crippen LogP contribution < -0.4 is 16.0 Å². The molecule has 9 heteroatoms. The standard InChI is InChI=1S/C21H31N5O3.HI/c1-5-22-19(23-12-9-13-24-20(27)28-21(2,3)4)25-15-17-14-18(29-26-17)16-10-7-6-8-11-16;/h6-8,10-11,14H,5,9,12-13,15H2,1-4H3,(H,24,27)(H2,22,23,25);1H. The normalized spacial score (nSPS) is 11.4. The number of aromatic nitrogens is 1. The van der Waals surface area contributed by atoms with E-state index in [1.807, 2.05) is 64.1 Å². The summed E-state index contributed by atoms with van der Waals surface area (Å²) in [6.45, 7) is 9.85. The first kappa shape index (κ1) is 25.7. The second-order valence-corrected chi connectivity index (χ2v) is 7.45. The third kappa shape index (κ3) is 9.95. The minimum Gasteiger partial charge on any atom is -0.444 e. The van der Waals surface area contributed by atoms with Crippen molar-refractivity contribution in [2.75, 3.05) is 19.6 Å². The number of alkyl carbamates (subject to hydrolysis) is 1. The van der Waals surface area contributed by atoms with Crippen LogP contribution in [0, 0.1) is 0 Å². The Kier molecular flexibility index (Phi) is 11.2. The Morgan fingerprint density at radius 3 is 2.50 bits per heavy atom. The molecule has 0 bridgehead atoms. The Labute approximate surface area is 195 Å². The number of hydrogen-bond donors (Lipinski definition) is 3. The lowest BCUT2D eigenvalue weighted by Crippen LogP contribution is -2.39. The molecule has 0 unspecified atom stereocenters. The summed E-state index contributed by atoms with van der Waals surface area (Å²) in [5, 5.41) is 13.3. The fourth-order valence-electron chi connectivity index (χ4n) is 2.43. The second-order valence-electron chi connectivity index (χ2n) is 7.45. The lowest BCUT2D eigenvalue weighted by Gasteiger charge is -2.19. The summed E-state index contributed by atoms with van der Waals surface area (Å²) in [6, 6.07) is 11.7. The molecule has 2 rings (SSSR count). The summed E-state index contributed by atoms with van der Waals surface area (Å²) in [4.78, 5) is 16.1. The highest BCUT2D eigenvalue weighted by Crippen LogP contribution is 2.19. The van der Waals surface area contributed by atoms with E-state index in [0.717, 1.165) is 30.0 Å². The van der Waals surface area contributed by atoms with E-state index >= 15 is 0 Å². The first-order valence-electron chi connectivity index (χ1n) is 9.87. The molecule has 1 heterocycles. The molecule has 0 atom stereocenters. The topological polar surface area (TPSA) is 101 Å². The molecule has 3 N–H and O–H groups in total. The van der Waals surface area contributed by atoms with E-state index in [2.05, 4.69) is 26.1 Å². The molecule has 0 saturated carbocycles. The predicted octanol–water partition coefficient (Wildman–Crippen LogP) is 3.93. The Morgan fingerprint density at radius 1 is 1.13 bits per heavy atom. The van der Waals surface area contributed by atoms with E-state index in [4.69, 9.17) is 9.26 Å². The maximum Gasteiger partial charge on any atom is 0.407 e. The van der Waals surface area contributed by atoms with Crippen molar-refractivity contribution < 1.29 is 14.1 Å². The minimum atomic E-state index is -0.491. The van der Waals surface area contributed by atoms with Crippen LogP contribution in [0.4, 0.5) is 4.79 Å². The van der Waals surface area contributed by atoms with Crippen LogP contribution in [0.25, 0.3) is 11.3 Å². The largest absolute Gasteiger partial charge is 0.444 e. The molecule has 0 aliphatic rings. The van der Waals surface area contributed by atoms with Crippen molar-refractivity contribution in [3.05, 3.63) is 42.1 Å². The van der Waals surface area contributed by atoms with Gasteiger partial charge in [-0.25, -0.2) is 9.79 Å². The number of hydrogen-bond acceptors (Lipinski definition) is 5. The molecular weight excluding hydrogens is 497 g/mol. The molecule has 1 aromatic heterocycles. The third-order valence-corrected chi connectivity index (χ3v) is 3.67. The molecular formula is C21H32IN5O3. The van der Waals surface area contributed by atoms with Gasteiger partial charge in [0.2, 0.25) is 0 Å². The van der Waals surface area contributed by atoms with Crippen molar-refractivity contribution in [3.8, 4) is 11.3 Å². The number of aliphatic imine (C=N–C) groups is 1. The number of amides is 1. The summed E-state index contributed by atoms with van der Waals surface area (Å²) in [5.74, 6) is 1.41. The number of carbonyl (C=O) groups excluding carboxylic acids is 1. The van der Waals surface area contributed by atoms with Gasteiger partial charge < -0.3 is 25.2 Å². The highest BCUT2D eigenvalue weighted by molar-refractivity contribution is 14.0. The Balaban J connectivity index is 0.00000450. The lowest BCUT2D eigenvalue weighted by atomic mass is 10.2. The fourth-order valence-corrected chi connectivity index (χ4v) is 2.43. The van der Waals surface area contributed by atoms with Gasteiger partial charge in [0, 0.05) is 31.3 Å². The van der Waals surface area contributed by atoms with Crippen LogP contribution in [0.2, 0.25) is 0 Å². The first-order chi connectivity index (χ1) is 13.9. The third-order valence-electron chi connectivity index (χ3n) is 3.67. The van der Waals surface area contributed by atoms with Gasteiger partial charge in [0.1, 0.15) is 11.3 Å². The maximum absolute atomic E-state index is 11.6.